The second-order valence-corrected chi connectivity index (χ2v) is 3.76. The molecule has 0 bridgehead atoms. The number of hydrogen-bond acceptors (Lipinski definition) is 4. The summed E-state index contributed by atoms with van der Waals surface area (Å²) < 4.78 is 23.8. The minimum Gasteiger partial charge on any atom is -0.497 e. The van der Waals surface area contributed by atoms with E-state index in [1.807, 2.05) is 6.07 Å². The van der Waals surface area contributed by atoms with Crippen molar-refractivity contribution in [2.75, 3.05) is 12.8 Å². The van der Waals surface area contributed by atoms with Crippen molar-refractivity contribution in [2.45, 2.75) is 0 Å². The molecule has 0 aliphatic rings. The molecule has 0 spiro atoms. The summed E-state index contributed by atoms with van der Waals surface area (Å²) >= 11 is 0. The Morgan fingerprint density at radius 1 is 1.21 bits per heavy atom. The molecule has 0 fully saturated rings. The number of methoxy groups -OCH3 is 1. The van der Waals surface area contributed by atoms with Gasteiger partial charge in [-0.1, -0.05) is 6.07 Å². The van der Waals surface area contributed by atoms with Gasteiger partial charge in [0.25, 0.3) is 0 Å². The molecule has 2 aromatic carbocycles. The number of halogens is 1. The van der Waals surface area contributed by atoms with Crippen molar-refractivity contribution in [3.05, 3.63) is 47.8 Å². The summed E-state index contributed by atoms with van der Waals surface area (Å²) in [5.41, 5.74) is 5.87. The molecule has 4 nitrogen and oxygen atoms in total. The highest BCUT2D eigenvalue weighted by Gasteiger charge is 2.08. The standard InChI is InChI=1S/C14H11FN2O2/c1-18-10-5-9(8-16)6-11(7-10)19-13-4-2-3-12(15)14(13)17/h2-7H,17H2,1H3. The Morgan fingerprint density at radius 2 is 1.95 bits per heavy atom. The van der Waals surface area contributed by atoms with Gasteiger partial charge >= 0.3 is 0 Å². The van der Waals surface area contributed by atoms with Gasteiger partial charge in [-0.25, -0.2) is 4.39 Å². The smallest absolute Gasteiger partial charge is 0.153 e. The average Bonchev–Trinajstić information content (AvgIpc) is 2.43. The number of para-hydroxylation sites is 1. The fourth-order valence-electron chi connectivity index (χ4n) is 1.55. The van der Waals surface area contributed by atoms with Crippen molar-refractivity contribution >= 4 is 5.69 Å². The zero-order valence-corrected chi connectivity index (χ0v) is 10.2. The number of benzene rings is 2. The van der Waals surface area contributed by atoms with Crippen LogP contribution in [0.5, 0.6) is 17.2 Å². The van der Waals surface area contributed by atoms with Gasteiger partial charge in [-0.05, 0) is 24.3 Å². The third-order valence-corrected chi connectivity index (χ3v) is 2.49. The Kier molecular flexibility index (Phi) is 3.53. The van der Waals surface area contributed by atoms with Crippen LogP contribution in [0.2, 0.25) is 0 Å². The zero-order chi connectivity index (χ0) is 13.8. The number of nitrogens with zero attached hydrogens (tertiary/aromatic N) is 1. The van der Waals surface area contributed by atoms with Gasteiger partial charge in [0, 0.05) is 6.07 Å². The molecule has 0 aliphatic heterocycles. The van der Waals surface area contributed by atoms with Gasteiger partial charge < -0.3 is 15.2 Å². The van der Waals surface area contributed by atoms with Crippen LogP contribution in [0.25, 0.3) is 0 Å². The largest absolute Gasteiger partial charge is 0.497 e. The Bertz CT molecular complexity index is 650. The molecule has 0 saturated carbocycles. The number of nitrogens with two attached hydrogens (primary N) is 1. The molecule has 0 heterocycles. The maximum atomic E-state index is 13.3. The molecule has 0 amide bonds. The van der Waals surface area contributed by atoms with Crippen LogP contribution < -0.4 is 15.2 Å². The molecule has 0 aliphatic carbocycles. The summed E-state index contributed by atoms with van der Waals surface area (Å²) in [6, 6.07) is 11.0. The zero-order valence-electron chi connectivity index (χ0n) is 10.2. The lowest BCUT2D eigenvalue weighted by Crippen LogP contribution is -1.96. The highest BCUT2D eigenvalue weighted by atomic mass is 19.1. The minimum atomic E-state index is -0.555. The van der Waals surface area contributed by atoms with E-state index in [1.165, 1.54) is 25.3 Å². The highest BCUT2D eigenvalue weighted by Crippen LogP contribution is 2.31. The van der Waals surface area contributed by atoms with Crippen molar-refractivity contribution < 1.29 is 13.9 Å². The Hall–Kier alpha value is -2.74. The van der Waals surface area contributed by atoms with E-state index < -0.39 is 5.82 Å². The first-order chi connectivity index (χ1) is 9.13. The van der Waals surface area contributed by atoms with Crippen LogP contribution in [0.15, 0.2) is 36.4 Å². The SMILES string of the molecule is COc1cc(C#N)cc(Oc2cccc(F)c2N)c1. The number of ether oxygens (including phenoxy) is 2. The molecule has 0 atom stereocenters. The van der Waals surface area contributed by atoms with Crippen LogP contribution in [0.1, 0.15) is 5.56 Å². The van der Waals surface area contributed by atoms with E-state index in [-0.39, 0.29) is 11.4 Å². The van der Waals surface area contributed by atoms with Crippen LogP contribution in [-0.2, 0) is 0 Å². The quantitative estimate of drug-likeness (QED) is 0.859. The fraction of sp³-hybridized carbons (Fsp3) is 0.0714. The Balaban J connectivity index is 2.38. The molecule has 5 heteroatoms. The summed E-state index contributed by atoms with van der Waals surface area (Å²) in [4.78, 5) is 0. The molecule has 2 N–H and O–H groups in total. The highest BCUT2D eigenvalue weighted by molar-refractivity contribution is 5.55. The van der Waals surface area contributed by atoms with Crippen molar-refractivity contribution in [3.8, 4) is 23.3 Å². The summed E-state index contributed by atoms with van der Waals surface area (Å²) in [6.45, 7) is 0. The van der Waals surface area contributed by atoms with Crippen LogP contribution >= 0.6 is 0 Å². The third kappa shape index (κ3) is 2.75. The van der Waals surface area contributed by atoms with Crippen LogP contribution in [0.3, 0.4) is 0 Å². The van der Waals surface area contributed by atoms with E-state index in [4.69, 9.17) is 20.5 Å². The van der Waals surface area contributed by atoms with Gasteiger partial charge in [-0.15, -0.1) is 0 Å². The van der Waals surface area contributed by atoms with E-state index in [2.05, 4.69) is 0 Å². The summed E-state index contributed by atoms with van der Waals surface area (Å²) in [5, 5.41) is 8.90. The monoisotopic (exact) mass is 258 g/mol. The van der Waals surface area contributed by atoms with Crippen molar-refractivity contribution in [1.29, 1.82) is 5.26 Å². The number of rotatable bonds is 3. The van der Waals surface area contributed by atoms with E-state index in [0.717, 1.165) is 0 Å². The molecule has 19 heavy (non-hydrogen) atoms. The molecule has 0 aromatic heterocycles. The van der Waals surface area contributed by atoms with Crippen molar-refractivity contribution in [3.63, 3.8) is 0 Å². The van der Waals surface area contributed by atoms with Gasteiger partial charge in [0.15, 0.2) is 5.75 Å². The molecule has 2 aromatic rings. The lowest BCUT2D eigenvalue weighted by Gasteiger charge is -2.10. The molecule has 0 radical (unpaired) electrons. The molecule has 96 valence electrons. The van der Waals surface area contributed by atoms with Crippen molar-refractivity contribution in [2.24, 2.45) is 0 Å². The summed E-state index contributed by atoms with van der Waals surface area (Å²) in [6.07, 6.45) is 0. The van der Waals surface area contributed by atoms with Crippen LogP contribution in [0, 0.1) is 17.1 Å². The number of hydrogen-bond donors (Lipinski definition) is 1. The first-order valence-electron chi connectivity index (χ1n) is 5.45. The number of nitriles is 1. The Labute approximate surface area is 109 Å². The van der Waals surface area contributed by atoms with Crippen LogP contribution in [0.4, 0.5) is 10.1 Å². The Morgan fingerprint density at radius 3 is 2.63 bits per heavy atom. The lowest BCUT2D eigenvalue weighted by molar-refractivity contribution is 0.409. The first kappa shape index (κ1) is 12.7. The summed E-state index contributed by atoms with van der Waals surface area (Å²) in [7, 11) is 1.48. The third-order valence-electron chi connectivity index (χ3n) is 2.49. The first-order valence-corrected chi connectivity index (χ1v) is 5.45. The second-order valence-electron chi connectivity index (χ2n) is 3.76. The topological polar surface area (TPSA) is 68.3 Å². The van der Waals surface area contributed by atoms with Crippen molar-refractivity contribution in [1.82, 2.24) is 0 Å². The van der Waals surface area contributed by atoms with Gasteiger partial charge in [0.2, 0.25) is 0 Å². The predicted octanol–water partition coefficient (Wildman–Crippen LogP) is 3.08. The molecule has 0 unspecified atom stereocenters. The van der Waals surface area contributed by atoms with Gasteiger partial charge in [-0.3, -0.25) is 0 Å². The second kappa shape index (κ2) is 5.27. The van der Waals surface area contributed by atoms with E-state index in [1.54, 1.807) is 18.2 Å². The minimum absolute atomic E-state index is 0.0798. The normalized spacial score (nSPS) is 9.74. The maximum Gasteiger partial charge on any atom is 0.153 e. The maximum absolute atomic E-state index is 13.3. The van der Waals surface area contributed by atoms with Gasteiger partial charge in [0.05, 0.1) is 18.7 Å². The van der Waals surface area contributed by atoms with Crippen LogP contribution in [-0.4, -0.2) is 7.11 Å². The van der Waals surface area contributed by atoms with E-state index >= 15 is 0 Å². The summed E-state index contributed by atoms with van der Waals surface area (Å²) in [5.74, 6) is 0.468. The fourth-order valence-corrected chi connectivity index (χ4v) is 1.55. The molecular weight excluding hydrogens is 247 g/mol. The van der Waals surface area contributed by atoms with E-state index in [9.17, 15) is 4.39 Å². The average molecular weight is 258 g/mol. The number of anilines is 1. The number of nitrogen functional groups attached to an aromatic ring is 1. The van der Waals surface area contributed by atoms with Gasteiger partial charge in [0.1, 0.15) is 23.0 Å². The lowest BCUT2D eigenvalue weighted by atomic mass is 10.2. The predicted molar refractivity (Wildman–Crippen MR) is 68.6 cm³/mol. The molecular formula is C14H11FN2O2. The molecule has 2 rings (SSSR count). The van der Waals surface area contributed by atoms with Gasteiger partial charge in [-0.2, -0.15) is 5.26 Å². The molecule has 0 saturated heterocycles. The van der Waals surface area contributed by atoms with E-state index in [0.29, 0.717) is 17.1 Å².